The second-order valence-electron chi connectivity index (χ2n) is 5.23. The van der Waals surface area contributed by atoms with Crippen LogP contribution in [0.2, 0.25) is 0 Å². The van der Waals surface area contributed by atoms with Crippen LogP contribution >= 0.6 is 0 Å². The van der Waals surface area contributed by atoms with Gasteiger partial charge in [-0.3, -0.25) is 9.59 Å². The fourth-order valence-corrected chi connectivity index (χ4v) is 2.64. The van der Waals surface area contributed by atoms with Crippen molar-refractivity contribution in [2.24, 2.45) is 0 Å². The van der Waals surface area contributed by atoms with Crippen LogP contribution in [0.1, 0.15) is 18.7 Å². The van der Waals surface area contributed by atoms with Crippen LogP contribution in [0.3, 0.4) is 0 Å². The van der Waals surface area contributed by atoms with Crippen molar-refractivity contribution in [3.8, 4) is 11.4 Å². The van der Waals surface area contributed by atoms with Crippen molar-refractivity contribution < 1.29 is 14.7 Å². The molecule has 1 aliphatic rings. The van der Waals surface area contributed by atoms with Gasteiger partial charge in [-0.2, -0.15) is 5.10 Å². The number of aliphatic carboxylic acids is 1. The number of carboxylic acids is 1. The van der Waals surface area contributed by atoms with Crippen molar-refractivity contribution in [3.05, 3.63) is 30.1 Å². The van der Waals surface area contributed by atoms with Gasteiger partial charge in [0.15, 0.2) is 5.82 Å². The van der Waals surface area contributed by atoms with Crippen LogP contribution in [0.4, 0.5) is 5.69 Å². The van der Waals surface area contributed by atoms with Crippen molar-refractivity contribution in [2.45, 2.75) is 26.3 Å². The van der Waals surface area contributed by atoms with Crippen LogP contribution < -0.4 is 4.90 Å². The zero-order chi connectivity index (χ0) is 15.7. The summed E-state index contributed by atoms with van der Waals surface area (Å²) >= 11 is 0. The number of aryl methyl sites for hydroxylation is 1. The smallest absolute Gasteiger partial charge is 0.325 e. The highest BCUT2D eigenvalue weighted by Crippen LogP contribution is 2.26. The maximum atomic E-state index is 11.9. The molecule has 0 spiro atoms. The summed E-state index contributed by atoms with van der Waals surface area (Å²) in [5.74, 6) is 0.143. The summed E-state index contributed by atoms with van der Waals surface area (Å²) in [6, 6.07) is 7.40. The van der Waals surface area contributed by atoms with E-state index in [1.54, 1.807) is 11.8 Å². The molecule has 0 unspecified atom stereocenters. The van der Waals surface area contributed by atoms with E-state index in [-0.39, 0.29) is 12.5 Å². The summed E-state index contributed by atoms with van der Waals surface area (Å²) < 4.78 is 1.36. The Morgan fingerprint density at radius 1 is 1.41 bits per heavy atom. The Morgan fingerprint density at radius 3 is 2.91 bits per heavy atom. The summed E-state index contributed by atoms with van der Waals surface area (Å²) in [6.45, 7) is 2.18. The number of aromatic nitrogens is 3. The lowest BCUT2D eigenvalue weighted by Crippen LogP contribution is -2.23. The number of carboxylic acid groups (broad SMARTS) is 1. The largest absolute Gasteiger partial charge is 0.480 e. The first-order chi connectivity index (χ1) is 10.5. The number of nitrogens with zero attached hydrogens (tertiary/aromatic N) is 4. The van der Waals surface area contributed by atoms with Gasteiger partial charge in [0, 0.05) is 24.2 Å². The summed E-state index contributed by atoms with van der Waals surface area (Å²) in [7, 11) is 0. The van der Waals surface area contributed by atoms with Crippen LogP contribution in [-0.2, 0) is 16.1 Å². The number of carbonyl (C=O) groups is 2. The highest BCUT2D eigenvalue weighted by atomic mass is 16.4. The number of amides is 1. The van der Waals surface area contributed by atoms with E-state index in [0.29, 0.717) is 24.6 Å². The highest BCUT2D eigenvalue weighted by Gasteiger charge is 2.22. The summed E-state index contributed by atoms with van der Waals surface area (Å²) in [5.41, 5.74) is 1.56. The Balaban J connectivity index is 1.99. The lowest BCUT2D eigenvalue weighted by atomic mass is 10.1. The Kier molecular flexibility index (Phi) is 3.62. The molecule has 7 nitrogen and oxygen atoms in total. The van der Waals surface area contributed by atoms with Gasteiger partial charge in [0.2, 0.25) is 5.91 Å². The molecule has 1 fully saturated rings. The zero-order valence-corrected chi connectivity index (χ0v) is 12.2. The lowest BCUT2D eigenvalue weighted by Gasteiger charge is -2.16. The Hall–Kier alpha value is -2.70. The predicted molar refractivity (Wildman–Crippen MR) is 79.4 cm³/mol. The van der Waals surface area contributed by atoms with Crippen LogP contribution in [-0.4, -0.2) is 38.3 Å². The summed E-state index contributed by atoms with van der Waals surface area (Å²) in [4.78, 5) is 28.8. The molecule has 1 saturated heterocycles. The van der Waals surface area contributed by atoms with Gasteiger partial charge >= 0.3 is 5.97 Å². The van der Waals surface area contributed by atoms with Crippen LogP contribution in [0.15, 0.2) is 24.3 Å². The van der Waals surface area contributed by atoms with Gasteiger partial charge in [-0.25, -0.2) is 9.67 Å². The Bertz CT molecular complexity index is 738. The maximum absolute atomic E-state index is 11.9. The van der Waals surface area contributed by atoms with E-state index >= 15 is 0 Å². The Morgan fingerprint density at radius 2 is 2.23 bits per heavy atom. The summed E-state index contributed by atoms with van der Waals surface area (Å²) in [6.07, 6.45) is 1.43. The van der Waals surface area contributed by atoms with Gasteiger partial charge in [-0.05, 0) is 25.5 Å². The van der Waals surface area contributed by atoms with Gasteiger partial charge in [0.25, 0.3) is 0 Å². The number of carbonyl (C=O) groups excluding carboxylic acids is 1. The molecular formula is C15H16N4O3. The van der Waals surface area contributed by atoms with Crippen LogP contribution in [0.25, 0.3) is 11.4 Å². The van der Waals surface area contributed by atoms with E-state index < -0.39 is 5.97 Å². The second-order valence-corrected chi connectivity index (χ2v) is 5.23. The number of benzene rings is 1. The number of hydrogen-bond donors (Lipinski definition) is 1. The molecule has 3 rings (SSSR count). The van der Waals surface area contributed by atoms with E-state index in [2.05, 4.69) is 10.1 Å². The number of anilines is 1. The first-order valence-electron chi connectivity index (χ1n) is 7.08. The molecule has 114 valence electrons. The first kappa shape index (κ1) is 14.2. The molecule has 1 amide bonds. The van der Waals surface area contributed by atoms with Crippen molar-refractivity contribution in [1.82, 2.24) is 14.8 Å². The highest BCUT2D eigenvalue weighted by molar-refractivity contribution is 5.95. The molecular weight excluding hydrogens is 284 g/mol. The van der Waals surface area contributed by atoms with E-state index in [1.165, 1.54) is 4.68 Å². The minimum Gasteiger partial charge on any atom is -0.480 e. The molecule has 1 aliphatic heterocycles. The van der Waals surface area contributed by atoms with Gasteiger partial charge in [0.05, 0.1) is 0 Å². The maximum Gasteiger partial charge on any atom is 0.325 e. The number of hydrogen-bond acceptors (Lipinski definition) is 4. The fraction of sp³-hybridized carbons (Fsp3) is 0.333. The van der Waals surface area contributed by atoms with E-state index in [0.717, 1.165) is 17.7 Å². The van der Waals surface area contributed by atoms with E-state index in [9.17, 15) is 9.59 Å². The van der Waals surface area contributed by atoms with Gasteiger partial charge in [0.1, 0.15) is 12.4 Å². The topological polar surface area (TPSA) is 88.3 Å². The standard InChI is InChI=1S/C15H16N4O3/c1-10-16-15(19(17-10)9-14(21)22)11-4-2-5-12(8-11)18-7-3-6-13(18)20/h2,4-5,8H,3,6-7,9H2,1H3,(H,21,22). The van der Waals surface area contributed by atoms with Crippen molar-refractivity contribution in [3.63, 3.8) is 0 Å². The molecule has 0 aliphatic carbocycles. The summed E-state index contributed by atoms with van der Waals surface area (Å²) in [5, 5.41) is 13.1. The minimum absolute atomic E-state index is 0.111. The van der Waals surface area contributed by atoms with Crippen molar-refractivity contribution >= 4 is 17.6 Å². The fourth-order valence-electron chi connectivity index (χ4n) is 2.64. The Labute approximate surface area is 127 Å². The van der Waals surface area contributed by atoms with E-state index in [4.69, 9.17) is 5.11 Å². The number of rotatable bonds is 4. The molecule has 7 heteroatoms. The van der Waals surface area contributed by atoms with Gasteiger partial charge in [-0.15, -0.1) is 0 Å². The van der Waals surface area contributed by atoms with Gasteiger partial charge in [-0.1, -0.05) is 12.1 Å². The third-order valence-electron chi connectivity index (χ3n) is 3.55. The average molecular weight is 300 g/mol. The lowest BCUT2D eigenvalue weighted by molar-refractivity contribution is -0.137. The molecule has 0 atom stereocenters. The van der Waals surface area contributed by atoms with E-state index in [1.807, 2.05) is 24.3 Å². The SMILES string of the molecule is Cc1nc(-c2cccc(N3CCCC3=O)c2)n(CC(=O)O)n1. The molecule has 2 heterocycles. The second kappa shape index (κ2) is 5.59. The zero-order valence-electron chi connectivity index (χ0n) is 12.2. The van der Waals surface area contributed by atoms with Crippen LogP contribution in [0, 0.1) is 6.92 Å². The molecule has 1 aromatic carbocycles. The molecule has 22 heavy (non-hydrogen) atoms. The molecule has 0 bridgehead atoms. The normalized spacial score (nSPS) is 14.6. The van der Waals surface area contributed by atoms with Crippen molar-refractivity contribution in [2.75, 3.05) is 11.4 Å². The third-order valence-corrected chi connectivity index (χ3v) is 3.55. The molecule has 2 aromatic rings. The first-order valence-corrected chi connectivity index (χ1v) is 7.08. The predicted octanol–water partition coefficient (Wildman–Crippen LogP) is 1.46. The molecule has 1 aromatic heterocycles. The van der Waals surface area contributed by atoms with Crippen molar-refractivity contribution in [1.29, 1.82) is 0 Å². The van der Waals surface area contributed by atoms with Crippen LogP contribution in [0.5, 0.6) is 0 Å². The molecule has 0 saturated carbocycles. The third kappa shape index (κ3) is 2.69. The molecule has 1 N–H and O–H groups in total. The minimum atomic E-state index is -0.975. The van der Waals surface area contributed by atoms with Gasteiger partial charge < -0.3 is 10.0 Å². The average Bonchev–Trinajstić information content (AvgIpc) is 3.04. The molecule has 0 radical (unpaired) electrons. The quantitative estimate of drug-likeness (QED) is 0.923. The monoisotopic (exact) mass is 300 g/mol.